The average Bonchev–Trinajstić information content (AvgIpc) is 2.53. The van der Waals surface area contributed by atoms with Crippen molar-refractivity contribution in [2.45, 2.75) is 27.2 Å². The lowest BCUT2D eigenvalue weighted by molar-refractivity contribution is 0.414. The maximum atomic E-state index is 13.4. The van der Waals surface area contributed by atoms with Crippen molar-refractivity contribution in [1.29, 1.82) is 0 Å². The van der Waals surface area contributed by atoms with Crippen molar-refractivity contribution in [3.8, 4) is 5.75 Å². The van der Waals surface area contributed by atoms with Crippen LogP contribution in [-0.4, -0.2) is 17.8 Å². The van der Waals surface area contributed by atoms with Gasteiger partial charge in [-0.15, -0.1) is 0 Å². The fraction of sp³-hybridized carbons (Fsp3) is 0.333. The highest BCUT2D eigenvalue weighted by atomic mass is 19.1. The first-order valence-electron chi connectivity index (χ1n) is 7.41. The van der Waals surface area contributed by atoms with Gasteiger partial charge in [-0.05, 0) is 49.2 Å². The van der Waals surface area contributed by atoms with Crippen LogP contribution < -0.4 is 4.74 Å². The average molecular weight is 300 g/mol. The maximum Gasteiger partial charge on any atom is 0.213 e. The third-order valence-electron chi connectivity index (χ3n) is 3.70. The number of halogens is 1. The molecule has 0 aliphatic heterocycles. The quantitative estimate of drug-likeness (QED) is 0.592. The van der Waals surface area contributed by atoms with Gasteiger partial charge in [0.25, 0.3) is 0 Å². The molecule has 0 aliphatic rings. The molecule has 0 saturated heterocycles. The van der Waals surface area contributed by atoms with Crippen LogP contribution in [0.5, 0.6) is 5.75 Å². The third-order valence-corrected chi connectivity index (χ3v) is 3.70. The first kappa shape index (κ1) is 16.1. The summed E-state index contributed by atoms with van der Waals surface area (Å²) < 4.78 is 18.6. The summed E-state index contributed by atoms with van der Waals surface area (Å²) in [6, 6.07) is 10.5. The molecule has 0 radical (unpaired) electrons. The Balaban J connectivity index is 2.50. The maximum absolute atomic E-state index is 13.4. The number of aromatic nitrogens is 1. The van der Waals surface area contributed by atoms with Crippen molar-refractivity contribution >= 4 is 11.4 Å². The fourth-order valence-electron chi connectivity index (χ4n) is 2.17. The summed E-state index contributed by atoms with van der Waals surface area (Å²) in [5.41, 5.74) is 3.25. The van der Waals surface area contributed by atoms with Gasteiger partial charge in [0.15, 0.2) is 0 Å². The molecule has 116 valence electrons. The second-order valence-corrected chi connectivity index (χ2v) is 5.30. The molecule has 2 rings (SSSR count). The fourth-order valence-corrected chi connectivity index (χ4v) is 2.17. The lowest BCUT2D eigenvalue weighted by atomic mass is 9.99. The summed E-state index contributed by atoms with van der Waals surface area (Å²) >= 11 is 0. The van der Waals surface area contributed by atoms with Crippen LogP contribution in [0, 0.1) is 18.8 Å². The van der Waals surface area contributed by atoms with Crippen molar-refractivity contribution < 1.29 is 9.13 Å². The molecule has 4 heteroatoms. The Morgan fingerprint density at radius 2 is 2.09 bits per heavy atom. The number of pyridine rings is 1. The molecular weight excluding hydrogens is 279 g/mol. The van der Waals surface area contributed by atoms with E-state index in [1.807, 2.05) is 25.1 Å². The largest absolute Gasteiger partial charge is 0.497 e. The van der Waals surface area contributed by atoms with E-state index in [2.05, 4.69) is 18.8 Å². The van der Waals surface area contributed by atoms with Crippen LogP contribution in [0.25, 0.3) is 0 Å². The number of methoxy groups -OCH3 is 1. The molecule has 0 spiro atoms. The Kier molecular flexibility index (Phi) is 5.26. The van der Waals surface area contributed by atoms with Crippen LogP contribution in [0.4, 0.5) is 10.1 Å². The minimum atomic E-state index is -0.486. The molecule has 1 heterocycles. The Morgan fingerprint density at radius 1 is 1.32 bits per heavy atom. The van der Waals surface area contributed by atoms with E-state index < -0.39 is 5.95 Å². The number of rotatable bonds is 5. The molecule has 1 unspecified atom stereocenters. The van der Waals surface area contributed by atoms with Crippen LogP contribution in [0.3, 0.4) is 0 Å². The number of aryl methyl sites for hydroxylation is 1. The molecule has 2 aromatic rings. The molecule has 0 amide bonds. The zero-order valence-corrected chi connectivity index (χ0v) is 13.4. The van der Waals surface area contributed by atoms with Crippen LogP contribution >= 0.6 is 0 Å². The highest BCUT2D eigenvalue weighted by molar-refractivity contribution is 6.02. The Bertz CT molecular complexity index is 683. The van der Waals surface area contributed by atoms with E-state index in [9.17, 15) is 4.39 Å². The standard InChI is InChI=1S/C18H21FN2O/c1-5-12(2)18(16-7-6-8-17(19)20-16)21-15-10-9-14(22-4)11-13(15)3/h6-12H,5H2,1-4H3. The summed E-state index contributed by atoms with van der Waals surface area (Å²) in [5, 5.41) is 0. The number of nitrogens with zero attached hydrogens (tertiary/aromatic N) is 2. The van der Waals surface area contributed by atoms with Crippen LogP contribution in [0.2, 0.25) is 0 Å². The first-order valence-corrected chi connectivity index (χ1v) is 7.41. The molecule has 0 saturated carbocycles. The number of benzene rings is 1. The molecule has 0 N–H and O–H groups in total. The van der Waals surface area contributed by atoms with E-state index >= 15 is 0 Å². The van der Waals surface area contributed by atoms with Crippen LogP contribution in [0.1, 0.15) is 31.5 Å². The Morgan fingerprint density at radius 3 is 2.68 bits per heavy atom. The minimum Gasteiger partial charge on any atom is -0.497 e. The zero-order valence-electron chi connectivity index (χ0n) is 13.4. The molecule has 0 bridgehead atoms. The summed E-state index contributed by atoms with van der Waals surface area (Å²) in [7, 11) is 1.64. The number of hydrogen-bond donors (Lipinski definition) is 0. The van der Waals surface area contributed by atoms with Gasteiger partial charge in [-0.2, -0.15) is 4.39 Å². The molecule has 1 atom stereocenters. The smallest absolute Gasteiger partial charge is 0.213 e. The van der Waals surface area contributed by atoms with Gasteiger partial charge in [0, 0.05) is 5.92 Å². The summed E-state index contributed by atoms with van der Waals surface area (Å²) in [6.45, 7) is 6.14. The van der Waals surface area contributed by atoms with E-state index in [1.54, 1.807) is 19.2 Å². The predicted octanol–water partition coefficient (Wildman–Crippen LogP) is 4.70. The Hall–Kier alpha value is -2.23. The van der Waals surface area contributed by atoms with Gasteiger partial charge in [0.05, 0.1) is 24.2 Å². The molecule has 22 heavy (non-hydrogen) atoms. The highest BCUT2D eigenvalue weighted by Gasteiger charge is 2.14. The molecule has 1 aromatic heterocycles. The minimum absolute atomic E-state index is 0.191. The van der Waals surface area contributed by atoms with Crippen molar-refractivity contribution in [3.63, 3.8) is 0 Å². The molecular formula is C18H21FN2O. The first-order chi connectivity index (χ1) is 10.5. The van der Waals surface area contributed by atoms with Gasteiger partial charge >= 0.3 is 0 Å². The van der Waals surface area contributed by atoms with Crippen molar-refractivity contribution in [2.24, 2.45) is 10.9 Å². The van der Waals surface area contributed by atoms with E-state index in [1.165, 1.54) is 6.07 Å². The van der Waals surface area contributed by atoms with Gasteiger partial charge in [-0.1, -0.05) is 19.9 Å². The summed E-state index contributed by atoms with van der Waals surface area (Å²) in [5.74, 6) is 0.501. The normalized spacial score (nSPS) is 13.0. The molecule has 3 nitrogen and oxygen atoms in total. The van der Waals surface area contributed by atoms with Gasteiger partial charge < -0.3 is 4.74 Å². The summed E-state index contributed by atoms with van der Waals surface area (Å²) in [6.07, 6.45) is 0.909. The molecule has 1 aromatic carbocycles. The van der Waals surface area contributed by atoms with Gasteiger partial charge in [0.2, 0.25) is 5.95 Å². The number of ether oxygens (including phenoxy) is 1. The van der Waals surface area contributed by atoms with E-state index in [4.69, 9.17) is 9.73 Å². The summed E-state index contributed by atoms with van der Waals surface area (Å²) in [4.78, 5) is 8.73. The van der Waals surface area contributed by atoms with Gasteiger partial charge in [0.1, 0.15) is 5.75 Å². The second-order valence-electron chi connectivity index (χ2n) is 5.30. The number of hydrogen-bond acceptors (Lipinski definition) is 3. The van der Waals surface area contributed by atoms with Gasteiger partial charge in [-0.3, -0.25) is 4.99 Å². The molecule has 0 fully saturated rings. The molecule has 0 aliphatic carbocycles. The van der Waals surface area contributed by atoms with E-state index in [0.717, 1.165) is 29.1 Å². The van der Waals surface area contributed by atoms with Gasteiger partial charge in [-0.25, -0.2) is 4.98 Å². The SMILES string of the molecule is CCC(C)C(=Nc1ccc(OC)cc1C)c1cccc(F)n1. The van der Waals surface area contributed by atoms with E-state index in [0.29, 0.717) is 5.69 Å². The van der Waals surface area contributed by atoms with Crippen molar-refractivity contribution in [2.75, 3.05) is 7.11 Å². The lowest BCUT2D eigenvalue weighted by Gasteiger charge is -2.14. The number of aliphatic imine (C=N–C) groups is 1. The predicted molar refractivity (Wildman–Crippen MR) is 87.6 cm³/mol. The van der Waals surface area contributed by atoms with Crippen molar-refractivity contribution in [3.05, 3.63) is 53.6 Å². The monoisotopic (exact) mass is 300 g/mol. The topological polar surface area (TPSA) is 34.5 Å². The second kappa shape index (κ2) is 7.16. The highest BCUT2D eigenvalue weighted by Crippen LogP contribution is 2.26. The zero-order chi connectivity index (χ0) is 16.1. The third kappa shape index (κ3) is 3.70. The van der Waals surface area contributed by atoms with Crippen LogP contribution in [0.15, 0.2) is 41.4 Å². The van der Waals surface area contributed by atoms with Crippen LogP contribution in [-0.2, 0) is 0 Å². The van der Waals surface area contributed by atoms with E-state index in [-0.39, 0.29) is 5.92 Å². The van der Waals surface area contributed by atoms with Crippen molar-refractivity contribution in [1.82, 2.24) is 4.98 Å². The Labute approximate surface area is 130 Å². The lowest BCUT2D eigenvalue weighted by Crippen LogP contribution is -2.14.